The average Bonchev–Trinajstić information content (AvgIpc) is 2.48. The lowest BCUT2D eigenvalue weighted by atomic mass is 9.98. The van der Waals surface area contributed by atoms with Gasteiger partial charge in [-0.25, -0.2) is 4.79 Å². The number of hydrogen-bond donors (Lipinski definition) is 1. The zero-order valence-electron chi connectivity index (χ0n) is 14.2. The Kier molecular flexibility index (Phi) is 5.59. The molecule has 4 heteroatoms. The fourth-order valence-electron chi connectivity index (χ4n) is 3.21. The first-order valence-corrected chi connectivity index (χ1v) is 8.34. The number of aryl methyl sites for hydroxylation is 3. The van der Waals surface area contributed by atoms with Crippen molar-refractivity contribution in [3.63, 3.8) is 0 Å². The molecule has 0 radical (unpaired) electrons. The summed E-state index contributed by atoms with van der Waals surface area (Å²) in [4.78, 5) is 23.7. The standard InChI is InChI=1S/C19H25NO3/c1-4-5-6-7-8-11-20-16-12-13(2)18(19(22)23)14(3)15(16)9-10-17(20)21/h9-10,12H,4-8,11H2,1-3H3,(H,22,23). The van der Waals surface area contributed by atoms with Gasteiger partial charge in [0.25, 0.3) is 5.56 Å². The molecule has 0 atom stereocenters. The molecule has 4 nitrogen and oxygen atoms in total. The van der Waals surface area contributed by atoms with Crippen LogP contribution < -0.4 is 5.56 Å². The van der Waals surface area contributed by atoms with Gasteiger partial charge in [-0.3, -0.25) is 4.79 Å². The Labute approximate surface area is 136 Å². The van der Waals surface area contributed by atoms with Crippen LogP contribution in [0.1, 0.15) is 60.5 Å². The highest BCUT2D eigenvalue weighted by atomic mass is 16.4. The van der Waals surface area contributed by atoms with Crippen molar-refractivity contribution >= 4 is 16.9 Å². The molecule has 1 aromatic carbocycles. The molecule has 124 valence electrons. The molecule has 2 rings (SSSR count). The first kappa shape index (κ1) is 17.3. The van der Waals surface area contributed by atoms with Crippen molar-refractivity contribution in [2.45, 2.75) is 59.4 Å². The van der Waals surface area contributed by atoms with Crippen LogP contribution in [-0.2, 0) is 6.54 Å². The molecule has 0 spiro atoms. The number of pyridine rings is 1. The van der Waals surface area contributed by atoms with E-state index in [9.17, 15) is 14.7 Å². The summed E-state index contributed by atoms with van der Waals surface area (Å²) in [5, 5.41) is 10.2. The van der Waals surface area contributed by atoms with Gasteiger partial charge in [-0.15, -0.1) is 0 Å². The first-order chi connectivity index (χ1) is 11.0. The van der Waals surface area contributed by atoms with Crippen LogP contribution in [0.5, 0.6) is 0 Å². The number of nitrogens with zero attached hydrogens (tertiary/aromatic N) is 1. The van der Waals surface area contributed by atoms with E-state index in [0.717, 1.165) is 29.3 Å². The summed E-state index contributed by atoms with van der Waals surface area (Å²) in [5.74, 6) is -0.917. The lowest BCUT2D eigenvalue weighted by Gasteiger charge is -2.15. The van der Waals surface area contributed by atoms with Crippen molar-refractivity contribution in [1.29, 1.82) is 0 Å². The molecular weight excluding hydrogens is 290 g/mol. The van der Waals surface area contributed by atoms with Crippen LogP contribution in [0.2, 0.25) is 0 Å². The summed E-state index contributed by atoms with van der Waals surface area (Å²) in [6.45, 7) is 6.47. The first-order valence-electron chi connectivity index (χ1n) is 8.34. The topological polar surface area (TPSA) is 59.3 Å². The van der Waals surface area contributed by atoms with Crippen LogP contribution in [0.25, 0.3) is 10.9 Å². The summed E-state index contributed by atoms with van der Waals surface area (Å²) in [6, 6.07) is 5.12. The minimum atomic E-state index is -0.917. The number of unbranched alkanes of at least 4 members (excludes halogenated alkanes) is 4. The van der Waals surface area contributed by atoms with Crippen molar-refractivity contribution in [3.05, 3.63) is 45.2 Å². The number of carboxylic acids is 1. The molecular formula is C19H25NO3. The summed E-state index contributed by atoms with van der Waals surface area (Å²) < 4.78 is 1.78. The second-order valence-corrected chi connectivity index (χ2v) is 6.17. The van der Waals surface area contributed by atoms with Gasteiger partial charge in [0.05, 0.1) is 11.1 Å². The number of aromatic nitrogens is 1. The Morgan fingerprint density at radius 1 is 1.13 bits per heavy atom. The van der Waals surface area contributed by atoms with E-state index in [-0.39, 0.29) is 5.56 Å². The highest BCUT2D eigenvalue weighted by Gasteiger charge is 2.15. The third-order valence-corrected chi connectivity index (χ3v) is 4.45. The van der Waals surface area contributed by atoms with Crippen molar-refractivity contribution in [2.75, 3.05) is 0 Å². The molecule has 1 N–H and O–H groups in total. The van der Waals surface area contributed by atoms with E-state index in [0.29, 0.717) is 17.7 Å². The Balaban J connectivity index is 2.43. The maximum absolute atomic E-state index is 12.2. The van der Waals surface area contributed by atoms with Crippen molar-refractivity contribution in [1.82, 2.24) is 4.57 Å². The largest absolute Gasteiger partial charge is 0.478 e. The highest BCUT2D eigenvalue weighted by molar-refractivity contribution is 5.98. The van der Waals surface area contributed by atoms with Crippen LogP contribution in [0.3, 0.4) is 0 Å². The normalized spacial score (nSPS) is 11.1. The maximum Gasteiger partial charge on any atom is 0.336 e. The summed E-state index contributed by atoms with van der Waals surface area (Å²) in [7, 11) is 0. The van der Waals surface area contributed by atoms with E-state index < -0.39 is 5.97 Å². The van der Waals surface area contributed by atoms with Gasteiger partial charge in [0.15, 0.2) is 0 Å². The van der Waals surface area contributed by atoms with E-state index in [4.69, 9.17) is 0 Å². The quantitative estimate of drug-likeness (QED) is 0.775. The third kappa shape index (κ3) is 3.63. The van der Waals surface area contributed by atoms with Crippen LogP contribution >= 0.6 is 0 Å². The number of carboxylic acid groups (broad SMARTS) is 1. The summed E-state index contributed by atoms with van der Waals surface area (Å²) in [5.41, 5.74) is 2.59. The number of carbonyl (C=O) groups is 1. The van der Waals surface area contributed by atoms with Gasteiger partial charge in [-0.2, -0.15) is 0 Å². The zero-order chi connectivity index (χ0) is 17.0. The third-order valence-electron chi connectivity index (χ3n) is 4.45. The minimum Gasteiger partial charge on any atom is -0.478 e. The van der Waals surface area contributed by atoms with E-state index in [1.54, 1.807) is 23.6 Å². The molecule has 23 heavy (non-hydrogen) atoms. The van der Waals surface area contributed by atoms with Crippen molar-refractivity contribution in [3.8, 4) is 0 Å². The molecule has 0 aliphatic heterocycles. The highest BCUT2D eigenvalue weighted by Crippen LogP contribution is 2.24. The van der Waals surface area contributed by atoms with E-state index >= 15 is 0 Å². The van der Waals surface area contributed by atoms with Crippen LogP contribution in [-0.4, -0.2) is 15.6 Å². The van der Waals surface area contributed by atoms with Crippen LogP contribution in [0.15, 0.2) is 23.0 Å². The van der Waals surface area contributed by atoms with Gasteiger partial charge in [0, 0.05) is 18.0 Å². The maximum atomic E-state index is 12.2. The molecule has 0 saturated heterocycles. The number of benzene rings is 1. The molecule has 0 aliphatic carbocycles. The van der Waals surface area contributed by atoms with E-state index in [1.165, 1.54) is 19.3 Å². The van der Waals surface area contributed by atoms with Crippen molar-refractivity contribution < 1.29 is 9.90 Å². The predicted octanol–water partition coefficient (Wildman–Crippen LogP) is 4.29. The smallest absolute Gasteiger partial charge is 0.336 e. The number of fused-ring (bicyclic) bond motifs is 1. The fourth-order valence-corrected chi connectivity index (χ4v) is 3.21. The second kappa shape index (κ2) is 7.44. The minimum absolute atomic E-state index is 0.0186. The zero-order valence-corrected chi connectivity index (χ0v) is 14.2. The average molecular weight is 315 g/mol. The Hall–Kier alpha value is -2.10. The monoisotopic (exact) mass is 315 g/mol. The summed E-state index contributed by atoms with van der Waals surface area (Å²) >= 11 is 0. The molecule has 0 fully saturated rings. The molecule has 1 heterocycles. The van der Waals surface area contributed by atoms with Gasteiger partial charge in [0.2, 0.25) is 0 Å². The lowest BCUT2D eigenvalue weighted by molar-refractivity contribution is 0.0695. The molecule has 0 aliphatic rings. The number of rotatable bonds is 7. The second-order valence-electron chi connectivity index (χ2n) is 6.17. The molecule has 0 saturated carbocycles. The van der Waals surface area contributed by atoms with Gasteiger partial charge in [0.1, 0.15) is 0 Å². The van der Waals surface area contributed by atoms with Crippen LogP contribution in [0, 0.1) is 13.8 Å². The van der Waals surface area contributed by atoms with Gasteiger partial charge in [-0.1, -0.05) is 32.6 Å². The number of aromatic carboxylic acids is 1. The molecule has 0 amide bonds. The molecule has 2 aromatic rings. The van der Waals surface area contributed by atoms with E-state index in [1.807, 2.05) is 13.0 Å². The van der Waals surface area contributed by atoms with Gasteiger partial charge < -0.3 is 9.67 Å². The van der Waals surface area contributed by atoms with E-state index in [2.05, 4.69) is 6.92 Å². The SMILES string of the molecule is CCCCCCCn1c(=O)ccc2c(C)c(C(=O)O)c(C)cc21. The lowest BCUT2D eigenvalue weighted by Crippen LogP contribution is -2.20. The summed E-state index contributed by atoms with van der Waals surface area (Å²) in [6.07, 6.45) is 5.70. The molecule has 1 aromatic heterocycles. The fraction of sp³-hybridized carbons (Fsp3) is 0.474. The predicted molar refractivity (Wildman–Crippen MR) is 93.4 cm³/mol. The molecule has 0 bridgehead atoms. The molecule has 0 unspecified atom stereocenters. The van der Waals surface area contributed by atoms with Crippen molar-refractivity contribution in [2.24, 2.45) is 0 Å². The van der Waals surface area contributed by atoms with Gasteiger partial charge in [-0.05, 0) is 43.5 Å². The Morgan fingerprint density at radius 2 is 1.83 bits per heavy atom. The van der Waals surface area contributed by atoms with Gasteiger partial charge >= 0.3 is 5.97 Å². The Morgan fingerprint density at radius 3 is 2.48 bits per heavy atom. The Bertz CT molecular complexity index is 774. The van der Waals surface area contributed by atoms with Crippen LogP contribution in [0.4, 0.5) is 0 Å². The number of hydrogen-bond acceptors (Lipinski definition) is 2.